The molecular weight excluding hydrogens is 212 g/mol. The zero-order chi connectivity index (χ0) is 12.1. The van der Waals surface area contributed by atoms with Crippen molar-refractivity contribution >= 4 is 5.91 Å². The molecular formula is C14H26N2O. The minimum Gasteiger partial charge on any atom is -0.339 e. The number of hydrogen-bond acceptors (Lipinski definition) is 2. The second kappa shape index (κ2) is 6.39. The van der Waals surface area contributed by atoms with Gasteiger partial charge in [0, 0.05) is 19.1 Å². The number of hydrogen-bond donors (Lipinski definition) is 1. The van der Waals surface area contributed by atoms with Crippen molar-refractivity contribution in [1.82, 2.24) is 10.2 Å². The minimum absolute atomic E-state index is 0.251. The molecule has 3 nitrogen and oxygen atoms in total. The molecule has 17 heavy (non-hydrogen) atoms. The number of rotatable bonds is 3. The van der Waals surface area contributed by atoms with Gasteiger partial charge in [0.15, 0.2) is 0 Å². The van der Waals surface area contributed by atoms with Crippen LogP contribution in [-0.2, 0) is 4.79 Å². The van der Waals surface area contributed by atoms with E-state index in [4.69, 9.17) is 0 Å². The van der Waals surface area contributed by atoms with Crippen molar-refractivity contribution in [2.75, 3.05) is 19.6 Å². The molecule has 2 aliphatic rings. The molecule has 2 fully saturated rings. The fourth-order valence-corrected chi connectivity index (χ4v) is 3.22. The van der Waals surface area contributed by atoms with Gasteiger partial charge in [-0.05, 0) is 45.1 Å². The Bertz CT molecular complexity index is 247. The fraction of sp³-hybridized carbons (Fsp3) is 0.929. The lowest BCUT2D eigenvalue weighted by atomic mass is 9.93. The standard InChI is InChI=1S/C14H26N2O/c1-2-6-13-8-3-4-10-16(13)14(17)12-7-5-9-15-11-12/h12-13,15H,2-11H2,1H3/t12-,13?/m0/s1. The molecule has 98 valence electrons. The fourth-order valence-electron chi connectivity index (χ4n) is 3.22. The van der Waals surface area contributed by atoms with Crippen LogP contribution in [0.5, 0.6) is 0 Å². The highest BCUT2D eigenvalue weighted by atomic mass is 16.2. The van der Waals surface area contributed by atoms with Crippen LogP contribution in [0.2, 0.25) is 0 Å². The Morgan fingerprint density at radius 1 is 1.29 bits per heavy atom. The lowest BCUT2D eigenvalue weighted by molar-refractivity contribution is -0.140. The van der Waals surface area contributed by atoms with Gasteiger partial charge in [-0.25, -0.2) is 0 Å². The molecule has 1 N–H and O–H groups in total. The average molecular weight is 238 g/mol. The normalized spacial score (nSPS) is 30.3. The Hall–Kier alpha value is -0.570. The van der Waals surface area contributed by atoms with Crippen LogP contribution in [0.15, 0.2) is 0 Å². The molecule has 0 spiro atoms. The van der Waals surface area contributed by atoms with E-state index in [0.29, 0.717) is 11.9 Å². The molecule has 0 aliphatic carbocycles. The molecule has 2 saturated heterocycles. The number of amides is 1. The number of nitrogens with zero attached hydrogens (tertiary/aromatic N) is 1. The summed E-state index contributed by atoms with van der Waals surface area (Å²) in [5.41, 5.74) is 0. The average Bonchev–Trinajstić information content (AvgIpc) is 2.40. The Labute approximate surface area is 105 Å². The van der Waals surface area contributed by atoms with Crippen molar-refractivity contribution in [3.63, 3.8) is 0 Å². The summed E-state index contributed by atoms with van der Waals surface area (Å²) in [6.45, 7) is 5.20. The second-order valence-corrected chi connectivity index (χ2v) is 5.51. The molecule has 0 aromatic heterocycles. The molecule has 0 radical (unpaired) electrons. The first-order valence-electron chi connectivity index (χ1n) is 7.34. The smallest absolute Gasteiger partial charge is 0.227 e. The monoisotopic (exact) mass is 238 g/mol. The molecule has 2 atom stereocenters. The molecule has 3 heteroatoms. The quantitative estimate of drug-likeness (QED) is 0.817. The number of nitrogens with one attached hydrogen (secondary N) is 1. The highest BCUT2D eigenvalue weighted by molar-refractivity contribution is 5.79. The van der Waals surface area contributed by atoms with E-state index in [1.54, 1.807) is 0 Å². The first-order valence-corrected chi connectivity index (χ1v) is 7.34. The molecule has 0 saturated carbocycles. The van der Waals surface area contributed by atoms with E-state index in [9.17, 15) is 4.79 Å². The van der Waals surface area contributed by atoms with Gasteiger partial charge in [0.25, 0.3) is 0 Å². The highest BCUT2D eigenvalue weighted by Gasteiger charge is 2.31. The van der Waals surface area contributed by atoms with Crippen molar-refractivity contribution < 1.29 is 4.79 Å². The lowest BCUT2D eigenvalue weighted by Crippen LogP contribution is -2.49. The molecule has 0 aromatic carbocycles. The maximum absolute atomic E-state index is 12.5. The number of piperidine rings is 2. The number of carbonyl (C=O) groups is 1. The molecule has 1 amide bonds. The first-order chi connectivity index (χ1) is 8.33. The zero-order valence-corrected chi connectivity index (χ0v) is 11.1. The molecule has 0 aromatic rings. The predicted molar refractivity (Wildman–Crippen MR) is 69.9 cm³/mol. The Balaban J connectivity index is 1.94. The second-order valence-electron chi connectivity index (χ2n) is 5.51. The predicted octanol–water partition coefficient (Wildman–Crippen LogP) is 2.17. The summed E-state index contributed by atoms with van der Waals surface area (Å²) in [6.07, 6.45) is 8.34. The van der Waals surface area contributed by atoms with Crippen molar-refractivity contribution in [3.05, 3.63) is 0 Å². The van der Waals surface area contributed by atoms with Gasteiger partial charge in [0.2, 0.25) is 5.91 Å². The zero-order valence-electron chi connectivity index (χ0n) is 11.1. The van der Waals surface area contributed by atoms with Crippen LogP contribution in [-0.4, -0.2) is 36.5 Å². The highest BCUT2D eigenvalue weighted by Crippen LogP contribution is 2.24. The van der Waals surface area contributed by atoms with E-state index in [-0.39, 0.29) is 5.92 Å². The first kappa shape index (κ1) is 12.9. The Kier molecular flexibility index (Phi) is 4.84. The Morgan fingerprint density at radius 2 is 2.18 bits per heavy atom. The van der Waals surface area contributed by atoms with Crippen LogP contribution >= 0.6 is 0 Å². The van der Waals surface area contributed by atoms with E-state index < -0.39 is 0 Å². The van der Waals surface area contributed by atoms with Gasteiger partial charge in [0.1, 0.15) is 0 Å². The summed E-state index contributed by atoms with van der Waals surface area (Å²) >= 11 is 0. The summed E-state index contributed by atoms with van der Waals surface area (Å²) in [5, 5.41) is 3.35. The van der Waals surface area contributed by atoms with Gasteiger partial charge >= 0.3 is 0 Å². The summed E-state index contributed by atoms with van der Waals surface area (Å²) < 4.78 is 0. The molecule has 0 bridgehead atoms. The number of likely N-dealkylation sites (tertiary alicyclic amines) is 1. The van der Waals surface area contributed by atoms with Crippen LogP contribution < -0.4 is 5.32 Å². The van der Waals surface area contributed by atoms with Gasteiger partial charge in [-0.1, -0.05) is 13.3 Å². The van der Waals surface area contributed by atoms with Crippen LogP contribution in [0, 0.1) is 5.92 Å². The Morgan fingerprint density at radius 3 is 2.88 bits per heavy atom. The molecule has 1 unspecified atom stereocenters. The third kappa shape index (κ3) is 3.21. The summed E-state index contributed by atoms with van der Waals surface area (Å²) in [6, 6.07) is 0.531. The maximum Gasteiger partial charge on any atom is 0.227 e. The van der Waals surface area contributed by atoms with Gasteiger partial charge in [-0.3, -0.25) is 4.79 Å². The van der Waals surface area contributed by atoms with E-state index in [2.05, 4.69) is 17.1 Å². The van der Waals surface area contributed by atoms with E-state index in [1.807, 2.05) is 0 Å². The summed E-state index contributed by atoms with van der Waals surface area (Å²) in [5.74, 6) is 0.677. The van der Waals surface area contributed by atoms with Crippen LogP contribution in [0.3, 0.4) is 0 Å². The SMILES string of the molecule is CCCC1CCCCN1C(=O)[C@H]1CCCNC1. The largest absolute Gasteiger partial charge is 0.339 e. The van der Waals surface area contributed by atoms with Gasteiger partial charge < -0.3 is 10.2 Å². The third-order valence-electron chi connectivity index (χ3n) is 4.18. The van der Waals surface area contributed by atoms with E-state index in [0.717, 1.165) is 32.5 Å². The maximum atomic E-state index is 12.5. The van der Waals surface area contributed by atoms with Crippen LogP contribution in [0.25, 0.3) is 0 Å². The third-order valence-corrected chi connectivity index (χ3v) is 4.18. The van der Waals surface area contributed by atoms with Crippen molar-refractivity contribution in [3.8, 4) is 0 Å². The van der Waals surface area contributed by atoms with Crippen molar-refractivity contribution in [1.29, 1.82) is 0 Å². The van der Waals surface area contributed by atoms with E-state index in [1.165, 1.54) is 32.1 Å². The lowest BCUT2D eigenvalue weighted by Gasteiger charge is -2.38. The van der Waals surface area contributed by atoms with Crippen molar-refractivity contribution in [2.45, 2.75) is 57.9 Å². The summed E-state index contributed by atoms with van der Waals surface area (Å²) in [7, 11) is 0. The van der Waals surface area contributed by atoms with Gasteiger partial charge in [-0.15, -0.1) is 0 Å². The molecule has 2 rings (SSSR count). The minimum atomic E-state index is 0.251. The number of carbonyl (C=O) groups excluding carboxylic acids is 1. The van der Waals surface area contributed by atoms with Crippen LogP contribution in [0.1, 0.15) is 51.9 Å². The van der Waals surface area contributed by atoms with Gasteiger partial charge in [-0.2, -0.15) is 0 Å². The van der Waals surface area contributed by atoms with Crippen LogP contribution in [0.4, 0.5) is 0 Å². The van der Waals surface area contributed by atoms with Crippen molar-refractivity contribution in [2.24, 2.45) is 5.92 Å². The van der Waals surface area contributed by atoms with Gasteiger partial charge in [0.05, 0.1) is 5.92 Å². The molecule has 2 aliphatic heterocycles. The summed E-state index contributed by atoms with van der Waals surface area (Å²) in [4.78, 5) is 14.7. The van der Waals surface area contributed by atoms with E-state index >= 15 is 0 Å². The molecule has 2 heterocycles. The topological polar surface area (TPSA) is 32.3 Å².